The Hall–Kier alpha value is -0.370. The van der Waals surface area contributed by atoms with Crippen LogP contribution in [0.15, 0.2) is 11.6 Å². The summed E-state index contributed by atoms with van der Waals surface area (Å²) in [6.07, 6.45) is 2.37. The molecule has 0 saturated carbocycles. The zero-order valence-corrected chi connectivity index (χ0v) is 8.68. The molecule has 0 radical (unpaired) electrons. The lowest BCUT2D eigenvalue weighted by Gasteiger charge is -2.34. The van der Waals surface area contributed by atoms with E-state index in [4.69, 9.17) is 0 Å². The van der Waals surface area contributed by atoms with Crippen LogP contribution in [0.5, 0.6) is 0 Å². The number of hydrogen-bond donors (Lipinski definition) is 0. The second kappa shape index (κ2) is 2.81. The molecule has 0 N–H and O–H groups in total. The van der Waals surface area contributed by atoms with Crippen molar-refractivity contribution in [2.24, 2.45) is 5.92 Å². The lowest BCUT2D eigenvalue weighted by Crippen LogP contribution is -2.42. The van der Waals surface area contributed by atoms with Crippen molar-refractivity contribution in [3.05, 3.63) is 11.6 Å². The molecular weight excluding hydrogens is 165 g/mol. The normalized spacial score (nSPS) is 39.8. The average Bonchev–Trinajstić information content (AvgIpc) is 2.40. The van der Waals surface area contributed by atoms with Crippen molar-refractivity contribution in [3.8, 4) is 0 Å². The number of alkyl halides is 1. The second-order valence-electron chi connectivity index (χ2n) is 4.82. The molecule has 1 fully saturated rings. The number of nitrogens with zero attached hydrogens (tertiary/aromatic N) is 1. The fourth-order valence-corrected chi connectivity index (χ4v) is 2.86. The first-order valence-electron chi connectivity index (χ1n) is 5.12. The van der Waals surface area contributed by atoms with Crippen LogP contribution in [0.3, 0.4) is 0 Å². The van der Waals surface area contributed by atoms with Gasteiger partial charge in [-0.2, -0.15) is 0 Å². The summed E-state index contributed by atoms with van der Waals surface area (Å²) >= 11 is 0. The standard InChI is InChI=1S/C11H18FN/c1-8(2)11-4-9(3)6-13(11)7-10(12)5-11/h4,8,10H,5-7H2,1-3H3/t10-,11+/m1/s1. The third-order valence-electron chi connectivity index (χ3n) is 3.49. The third kappa shape index (κ3) is 1.23. The summed E-state index contributed by atoms with van der Waals surface area (Å²) in [6, 6.07) is 0. The van der Waals surface area contributed by atoms with Crippen molar-refractivity contribution in [1.29, 1.82) is 0 Å². The van der Waals surface area contributed by atoms with Crippen LogP contribution in [-0.4, -0.2) is 29.7 Å². The first-order valence-corrected chi connectivity index (χ1v) is 5.12. The van der Waals surface area contributed by atoms with Gasteiger partial charge in [-0.3, -0.25) is 4.90 Å². The van der Waals surface area contributed by atoms with E-state index in [-0.39, 0.29) is 5.54 Å². The summed E-state index contributed by atoms with van der Waals surface area (Å²) < 4.78 is 13.3. The van der Waals surface area contributed by atoms with Gasteiger partial charge < -0.3 is 0 Å². The van der Waals surface area contributed by atoms with Gasteiger partial charge in [0.25, 0.3) is 0 Å². The molecule has 2 rings (SSSR count). The topological polar surface area (TPSA) is 3.24 Å². The van der Waals surface area contributed by atoms with Crippen LogP contribution in [0.1, 0.15) is 27.2 Å². The summed E-state index contributed by atoms with van der Waals surface area (Å²) in [6.45, 7) is 8.14. The first-order chi connectivity index (χ1) is 6.04. The maximum Gasteiger partial charge on any atom is 0.115 e. The molecule has 0 spiro atoms. The predicted octanol–water partition coefficient (Wildman–Crippen LogP) is 2.38. The van der Waals surface area contributed by atoms with Gasteiger partial charge in [0.15, 0.2) is 0 Å². The highest BCUT2D eigenvalue weighted by Gasteiger charge is 2.49. The molecule has 1 nitrogen and oxygen atoms in total. The highest BCUT2D eigenvalue weighted by Crippen LogP contribution is 2.43. The Bertz CT molecular complexity index is 246. The minimum Gasteiger partial charge on any atom is -0.287 e. The molecule has 2 heterocycles. The molecule has 2 atom stereocenters. The van der Waals surface area contributed by atoms with Crippen LogP contribution in [-0.2, 0) is 0 Å². The lowest BCUT2D eigenvalue weighted by molar-refractivity contribution is 0.166. The number of rotatable bonds is 1. The summed E-state index contributed by atoms with van der Waals surface area (Å²) in [7, 11) is 0. The molecule has 0 aromatic heterocycles. The van der Waals surface area contributed by atoms with Gasteiger partial charge in [-0.15, -0.1) is 0 Å². The molecule has 13 heavy (non-hydrogen) atoms. The van der Waals surface area contributed by atoms with Gasteiger partial charge in [-0.05, 0) is 12.8 Å². The minimum atomic E-state index is -0.619. The fourth-order valence-electron chi connectivity index (χ4n) is 2.86. The zero-order valence-electron chi connectivity index (χ0n) is 8.68. The summed E-state index contributed by atoms with van der Waals surface area (Å²) in [5, 5.41) is 0. The molecule has 0 aliphatic carbocycles. The minimum absolute atomic E-state index is 0.0451. The zero-order chi connectivity index (χ0) is 9.64. The van der Waals surface area contributed by atoms with Gasteiger partial charge in [-0.25, -0.2) is 4.39 Å². The van der Waals surface area contributed by atoms with E-state index >= 15 is 0 Å². The summed E-state index contributed by atoms with van der Waals surface area (Å²) in [5.74, 6) is 0.519. The summed E-state index contributed by atoms with van der Waals surface area (Å²) in [5.41, 5.74) is 1.45. The maximum absolute atomic E-state index is 13.3. The van der Waals surface area contributed by atoms with E-state index in [2.05, 4.69) is 31.7 Å². The first kappa shape index (κ1) is 9.20. The highest BCUT2D eigenvalue weighted by atomic mass is 19.1. The smallest absolute Gasteiger partial charge is 0.115 e. The van der Waals surface area contributed by atoms with E-state index in [1.165, 1.54) is 5.57 Å². The van der Waals surface area contributed by atoms with Crippen molar-refractivity contribution < 1.29 is 4.39 Å². The van der Waals surface area contributed by atoms with E-state index in [9.17, 15) is 4.39 Å². The maximum atomic E-state index is 13.3. The van der Waals surface area contributed by atoms with E-state index in [0.717, 1.165) is 6.54 Å². The number of hydrogen-bond acceptors (Lipinski definition) is 1. The van der Waals surface area contributed by atoms with Crippen molar-refractivity contribution in [1.82, 2.24) is 4.90 Å². The number of halogens is 1. The van der Waals surface area contributed by atoms with Gasteiger partial charge in [-0.1, -0.05) is 25.5 Å². The molecule has 2 aliphatic heterocycles. The SMILES string of the molecule is CC1=C[C@@]2(C(C)C)C[C@@H](F)CN2C1. The second-order valence-corrected chi connectivity index (χ2v) is 4.82. The van der Waals surface area contributed by atoms with Crippen molar-refractivity contribution in [2.45, 2.75) is 38.9 Å². The lowest BCUT2D eigenvalue weighted by atomic mass is 9.84. The van der Waals surface area contributed by atoms with E-state index in [1.54, 1.807) is 0 Å². The predicted molar refractivity (Wildman–Crippen MR) is 52.4 cm³/mol. The van der Waals surface area contributed by atoms with Crippen LogP contribution >= 0.6 is 0 Å². The highest BCUT2D eigenvalue weighted by molar-refractivity contribution is 5.26. The fraction of sp³-hybridized carbons (Fsp3) is 0.818. The van der Waals surface area contributed by atoms with Crippen LogP contribution in [0, 0.1) is 5.92 Å². The van der Waals surface area contributed by atoms with Crippen molar-refractivity contribution in [3.63, 3.8) is 0 Å². The Labute approximate surface area is 79.6 Å². The Morgan fingerprint density at radius 1 is 1.62 bits per heavy atom. The molecule has 74 valence electrons. The molecule has 2 aliphatic rings. The van der Waals surface area contributed by atoms with E-state index in [1.807, 2.05) is 0 Å². The van der Waals surface area contributed by atoms with Crippen molar-refractivity contribution in [2.75, 3.05) is 13.1 Å². The number of fused-ring (bicyclic) bond motifs is 1. The van der Waals surface area contributed by atoms with Crippen LogP contribution in [0.2, 0.25) is 0 Å². The molecule has 0 bridgehead atoms. The molecule has 0 aromatic rings. The van der Waals surface area contributed by atoms with Crippen LogP contribution in [0.4, 0.5) is 4.39 Å². The van der Waals surface area contributed by atoms with Gasteiger partial charge in [0, 0.05) is 25.0 Å². The largest absolute Gasteiger partial charge is 0.287 e. The molecule has 0 unspecified atom stereocenters. The van der Waals surface area contributed by atoms with Gasteiger partial charge >= 0.3 is 0 Å². The van der Waals surface area contributed by atoms with E-state index < -0.39 is 6.17 Å². The van der Waals surface area contributed by atoms with Gasteiger partial charge in [0.2, 0.25) is 0 Å². The Morgan fingerprint density at radius 3 is 2.85 bits per heavy atom. The Balaban J connectivity index is 2.30. The molecule has 2 heteroatoms. The molecule has 0 amide bonds. The average molecular weight is 183 g/mol. The molecule has 0 aromatic carbocycles. The Kier molecular flexibility index (Phi) is 1.99. The molecular formula is C11H18FN. The van der Waals surface area contributed by atoms with Crippen molar-refractivity contribution >= 4 is 0 Å². The van der Waals surface area contributed by atoms with Crippen LogP contribution in [0.25, 0.3) is 0 Å². The quantitative estimate of drug-likeness (QED) is 0.564. The monoisotopic (exact) mass is 183 g/mol. The summed E-state index contributed by atoms with van der Waals surface area (Å²) in [4.78, 5) is 2.30. The third-order valence-corrected chi connectivity index (χ3v) is 3.49. The van der Waals surface area contributed by atoms with Crippen LogP contribution < -0.4 is 0 Å². The van der Waals surface area contributed by atoms with Gasteiger partial charge in [0.1, 0.15) is 6.17 Å². The van der Waals surface area contributed by atoms with E-state index in [0.29, 0.717) is 18.9 Å². The molecule has 1 saturated heterocycles. The van der Waals surface area contributed by atoms with Gasteiger partial charge in [0.05, 0.1) is 0 Å². The Morgan fingerprint density at radius 2 is 2.31 bits per heavy atom.